The lowest BCUT2D eigenvalue weighted by molar-refractivity contribution is -0.123. The first-order valence-corrected chi connectivity index (χ1v) is 8.82. The van der Waals surface area contributed by atoms with Crippen molar-refractivity contribution in [1.29, 1.82) is 0 Å². The van der Waals surface area contributed by atoms with E-state index in [1.807, 2.05) is 34.3 Å². The Hall–Kier alpha value is -2.34. The maximum Gasteiger partial charge on any atom is 0.258 e. The highest BCUT2D eigenvalue weighted by Crippen LogP contribution is 2.23. The number of aryl methyl sites for hydroxylation is 1. The average Bonchev–Trinajstić information content (AvgIpc) is 3.11. The van der Waals surface area contributed by atoms with Crippen molar-refractivity contribution in [3.8, 4) is 5.75 Å². The monoisotopic (exact) mass is 343 g/mol. The third-order valence-corrected chi connectivity index (χ3v) is 4.61. The summed E-state index contributed by atoms with van der Waals surface area (Å²) in [6, 6.07) is 5.95. The molecule has 0 saturated carbocycles. The number of hydrogen-bond donors (Lipinski definition) is 1. The van der Waals surface area contributed by atoms with E-state index < -0.39 is 0 Å². The van der Waals surface area contributed by atoms with E-state index in [1.165, 1.54) is 11.1 Å². The summed E-state index contributed by atoms with van der Waals surface area (Å²) in [5.41, 5.74) is 3.32. The quantitative estimate of drug-likeness (QED) is 0.745. The summed E-state index contributed by atoms with van der Waals surface area (Å²) >= 11 is 1.57. The van der Waals surface area contributed by atoms with Gasteiger partial charge in [0.15, 0.2) is 11.6 Å². The molecule has 0 atom stereocenters. The molecule has 0 aliphatic rings. The van der Waals surface area contributed by atoms with Gasteiger partial charge in [0.2, 0.25) is 0 Å². The normalized spacial score (nSPS) is 11.2. The second kappa shape index (κ2) is 7.05. The van der Waals surface area contributed by atoms with Gasteiger partial charge in [0.25, 0.3) is 5.91 Å². The second-order valence-corrected chi connectivity index (χ2v) is 6.94. The van der Waals surface area contributed by atoms with Gasteiger partial charge in [-0.1, -0.05) is 19.9 Å². The lowest BCUT2D eigenvalue weighted by Gasteiger charge is -2.12. The number of imidazole rings is 1. The van der Waals surface area contributed by atoms with Crippen LogP contribution in [0.1, 0.15) is 36.6 Å². The number of fused-ring (bicyclic) bond motifs is 1. The number of hydrogen-bond acceptors (Lipinski definition) is 4. The minimum absolute atomic E-state index is 0.00266. The fourth-order valence-corrected chi connectivity index (χ4v) is 3.36. The molecule has 1 N–H and O–H groups in total. The number of nitrogens with one attached hydrogen (secondary N) is 1. The molecule has 5 nitrogen and oxygen atoms in total. The smallest absolute Gasteiger partial charge is 0.258 e. The van der Waals surface area contributed by atoms with E-state index in [9.17, 15) is 4.79 Å². The van der Waals surface area contributed by atoms with Crippen molar-refractivity contribution in [2.45, 2.75) is 33.2 Å². The number of amides is 1. The van der Waals surface area contributed by atoms with Crippen LogP contribution in [0.2, 0.25) is 0 Å². The van der Waals surface area contributed by atoms with Crippen LogP contribution in [0.4, 0.5) is 0 Å². The Morgan fingerprint density at radius 2 is 2.25 bits per heavy atom. The lowest BCUT2D eigenvalue weighted by Crippen LogP contribution is -2.28. The van der Waals surface area contributed by atoms with E-state index in [4.69, 9.17) is 4.74 Å². The number of aromatic nitrogens is 2. The van der Waals surface area contributed by atoms with Gasteiger partial charge >= 0.3 is 0 Å². The topological polar surface area (TPSA) is 55.6 Å². The largest absolute Gasteiger partial charge is 0.484 e. The number of thiazole rings is 1. The molecule has 0 aliphatic carbocycles. The first kappa shape index (κ1) is 16.5. The molecule has 0 saturated heterocycles. The molecular formula is C18H21N3O2S. The SMILES string of the molecule is Cc1cc(OCC(=O)NCc2cn3ccsc3n2)ccc1C(C)C. The summed E-state index contributed by atoms with van der Waals surface area (Å²) in [5, 5.41) is 4.81. The van der Waals surface area contributed by atoms with E-state index in [2.05, 4.69) is 37.1 Å². The number of rotatable bonds is 6. The van der Waals surface area contributed by atoms with Gasteiger partial charge in [-0.25, -0.2) is 4.98 Å². The van der Waals surface area contributed by atoms with Crippen molar-refractivity contribution >= 4 is 22.2 Å². The van der Waals surface area contributed by atoms with E-state index in [0.29, 0.717) is 12.5 Å². The number of ether oxygens (including phenoxy) is 1. The highest BCUT2D eigenvalue weighted by Gasteiger charge is 2.08. The van der Waals surface area contributed by atoms with Gasteiger partial charge in [-0.3, -0.25) is 9.20 Å². The van der Waals surface area contributed by atoms with Crippen LogP contribution < -0.4 is 10.1 Å². The molecule has 3 rings (SSSR count). The molecule has 1 amide bonds. The Morgan fingerprint density at radius 1 is 1.42 bits per heavy atom. The molecule has 2 heterocycles. The van der Waals surface area contributed by atoms with Crippen molar-refractivity contribution in [3.05, 3.63) is 52.8 Å². The van der Waals surface area contributed by atoms with Crippen LogP contribution >= 0.6 is 11.3 Å². The number of benzene rings is 1. The summed E-state index contributed by atoms with van der Waals surface area (Å²) in [6.07, 6.45) is 3.87. The molecule has 0 radical (unpaired) electrons. The van der Waals surface area contributed by atoms with Crippen LogP contribution in [-0.2, 0) is 11.3 Å². The molecule has 24 heavy (non-hydrogen) atoms. The molecule has 1 aromatic carbocycles. The van der Waals surface area contributed by atoms with Crippen LogP contribution in [-0.4, -0.2) is 21.9 Å². The van der Waals surface area contributed by atoms with Crippen LogP contribution in [0, 0.1) is 6.92 Å². The van der Waals surface area contributed by atoms with Crippen LogP contribution in [0.5, 0.6) is 5.75 Å². The Bertz CT molecular complexity index is 822. The fraction of sp³-hybridized carbons (Fsp3) is 0.333. The third kappa shape index (κ3) is 3.76. The van der Waals surface area contributed by atoms with Gasteiger partial charge in [0, 0.05) is 17.8 Å². The summed E-state index contributed by atoms with van der Waals surface area (Å²) in [5.74, 6) is 1.04. The first-order valence-electron chi connectivity index (χ1n) is 7.94. The van der Waals surface area contributed by atoms with E-state index >= 15 is 0 Å². The molecule has 0 unspecified atom stereocenters. The molecule has 0 spiro atoms. The predicted octanol–water partition coefficient (Wildman–Crippen LogP) is 3.52. The second-order valence-electron chi connectivity index (χ2n) is 6.06. The van der Waals surface area contributed by atoms with Gasteiger partial charge in [-0.15, -0.1) is 11.3 Å². The van der Waals surface area contributed by atoms with Crippen molar-refractivity contribution in [3.63, 3.8) is 0 Å². The van der Waals surface area contributed by atoms with Gasteiger partial charge < -0.3 is 10.1 Å². The lowest BCUT2D eigenvalue weighted by atomic mass is 9.98. The predicted molar refractivity (Wildman–Crippen MR) is 95.7 cm³/mol. The summed E-state index contributed by atoms with van der Waals surface area (Å²) in [7, 11) is 0. The average molecular weight is 343 g/mol. The number of nitrogens with zero attached hydrogens (tertiary/aromatic N) is 2. The Morgan fingerprint density at radius 3 is 2.96 bits per heavy atom. The minimum Gasteiger partial charge on any atom is -0.484 e. The van der Waals surface area contributed by atoms with Gasteiger partial charge in [0.1, 0.15) is 5.75 Å². The van der Waals surface area contributed by atoms with Gasteiger partial charge in [-0.05, 0) is 36.1 Å². The zero-order valence-corrected chi connectivity index (χ0v) is 14.9. The van der Waals surface area contributed by atoms with Crippen molar-refractivity contribution < 1.29 is 9.53 Å². The van der Waals surface area contributed by atoms with Crippen molar-refractivity contribution in [2.24, 2.45) is 0 Å². The number of carbonyl (C=O) groups is 1. The standard InChI is InChI=1S/C18H21N3O2S/c1-12(2)16-5-4-15(8-13(16)3)23-11-17(22)19-9-14-10-21-6-7-24-18(21)20-14/h4-8,10,12H,9,11H2,1-3H3,(H,19,22). The summed E-state index contributed by atoms with van der Waals surface area (Å²) in [6.45, 7) is 6.80. The van der Waals surface area contributed by atoms with E-state index in [1.54, 1.807) is 11.3 Å². The molecule has 6 heteroatoms. The van der Waals surface area contributed by atoms with Gasteiger partial charge in [0.05, 0.1) is 12.2 Å². The third-order valence-electron chi connectivity index (χ3n) is 3.84. The van der Waals surface area contributed by atoms with Crippen LogP contribution in [0.25, 0.3) is 4.96 Å². The Labute approximate surface area is 145 Å². The molecular weight excluding hydrogens is 322 g/mol. The first-order chi connectivity index (χ1) is 11.5. The molecule has 2 aromatic heterocycles. The van der Waals surface area contributed by atoms with Gasteiger partial charge in [-0.2, -0.15) is 0 Å². The van der Waals surface area contributed by atoms with Crippen molar-refractivity contribution in [2.75, 3.05) is 6.61 Å². The zero-order chi connectivity index (χ0) is 17.1. The van der Waals surface area contributed by atoms with E-state index in [0.717, 1.165) is 16.4 Å². The van der Waals surface area contributed by atoms with Crippen molar-refractivity contribution in [1.82, 2.24) is 14.7 Å². The molecule has 0 bridgehead atoms. The number of carbonyl (C=O) groups excluding carboxylic acids is 1. The molecule has 0 fully saturated rings. The van der Waals surface area contributed by atoms with Crippen LogP contribution in [0.3, 0.4) is 0 Å². The minimum atomic E-state index is -0.156. The maximum atomic E-state index is 11.9. The highest BCUT2D eigenvalue weighted by atomic mass is 32.1. The molecule has 126 valence electrons. The van der Waals surface area contributed by atoms with E-state index in [-0.39, 0.29) is 12.5 Å². The summed E-state index contributed by atoms with van der Waals surface area (Å²) in [4.78, 5) is 17.3. The Balaban J connectivity index is 1.50. The fourth-order valence-electron chi connectivity index (χ4n) is 2.64. The highest BCUT2D eigenvalue weighted by molar-refractivity contribution is 7.15. The zero-order valence-electron chi connectivity index (χ0n) is 14.1. The molecule has 3 aromatic rings. The maximum absolute atomic E-state index is 11.9. The molecule has 0 aliphatic heterocycles. The van der Waals surface area contributed by atoms with Crippen LogP contribution in [0.15, 0.2) is 36.0 Å². The summed E-state index contributed by atoms with van der Waals surface area (Å²) < 4.78 is 7.53. The Kier molecular flexibility index (Phi) is 4.85.